The van der Waals surface area contributed by atoms with Gasteiger partial charge in [-0.2, -0.15) is 0 Å². The van der Waals surface area contributed by atoms with Crippen LogP contribution in [-0.2, 0) is 6.42 Å². The minimum atomic E-state index is 0.0341. The van der Waals surface area contributed by atoms with Gasteiger partial charge in [-0.3, -0.25) is 0 Å². The van der Waals surface area contributed by atoms with Crippen molar-refractivity contribution in [2.24, 2.45) is 11.3 Å². The molecule has 3 saturated heterocycles. The first-order valence-corrected chi connectivity index (χ1v) is 11.0. The standard InChI is InChI=1S/C23H33N5O2/c1-4-30-20-7-5-19(6-8-20)28-14-17-11-23(2,3)21(28)15-27(13-17)22(29)25-10-9-18-12-24-16-26-18/h5-8,12,16-17,21H,4,9-11,13-15H2,1-3H3,(H,24,26)(H,25,29)/t17-,21?/m1/s1. The van der Waals surface area contributed by atoms with Crippen LogP contribution < -0.4 is 15.0 Å². The third kappa shape index (κ3) is 4.40. The number of anilines is 1. The van der Waals surface area contributed by atoms with Gasteiger partial charge < -0.3 is 24.8 Å². The van der Waals surface area contributed by atoms with Crippen LogP contribution in [0.5, 0.6) is 5.75 Å². The Kier molecular flexibility index (Phi) is 5.88. The summed E-state index contributed by atoms with van der Waals surface area (Å²) in [7, 11) is 0. The van der Waals surface area contributed by atoms with Crippen LogP contribution in [0.25, 0.3) is 0 Å². The average molecular weight is 412 g/mol. The van der Waals surface area contributed by atoms with E-state index in [2.05, 4.69) is 46.2 Å². The van der Waals surface area contributed by atoms with Gasteiger partial charge in [-0.05, 0) is 48.9 Å². The quantitative estimate of drug-likeness (QED) is 0.765. The number of carbonyl (C=O) groups is 1. The number of piperidine rings is 1. The van der Waals surface area contributed by atoms with Crippen molar-refractivity contribution in [3.63, 3.8) is 0 Å². The third-order valence-corrected chi connectivity index (χ3v) is 6.40. The molecule has 162 valence electrons. The Labute approximate surface area is 178 Å². The van der Waals surface area contributed by atoms with Crippen molar-refractivity contribution in [1.82, 2.24) is 20.2 Å². The van der Waals surface area contributed by atoms with Crippen LogP contribution in [0.15, 0.2) is 36.8 Å². The summed E-state index contributed by atoms with van der Waals surface area (Å²) in [5, 5.41) is 3.09. The lowest BCUT2D eigenvalue weighted by Gasteiger charge is -2.48. The summed E-state index contributed by atoms with van der Waals surface area (Å²) in [5.74, 6) is 1.36. The Morgan fingerprint density at radius 1 is 1.27 bits per heavy atom. The van der Waals surface area contributed by atoms with Crippen LogP contribution >= 0.6 is 0 Å². The summed E-state index contributed by atoms with van der Waals surface area (Å²) in [6.45, 7) is 10.5. The fourth-order valence-corrected chi connectivity index (χ4v) is 5.02. The number of benzene rings is 1. The molecule has 2 atom stereocenters. The molecule has 30 heavy (non-hydrogen) atoms. The van der Waals surface area contributed by atoms with Gasteiger partial charge in [0, 0.05) is 44.5 Å². The smallest absolute Gasteiger partial charge is 0.317 e. The van der Waals surface area contributed by atoms with Gasteiger partial charge >= 0.3 is 6.03 Å². The molecular formula is C23H33N5O2. The summed E-state index contributed by atoms with van der Waals surface area (Å²) in [6.07, 6.45) is 5.42. The van der Waals surface area contributed by atoms with E-state index in [0.717, 1.165) is 43.9 Å². The normalized spacial score (nSPS) is 22.6. The van der Waals surface area contributed by atoms with Gasteiger partial charge in [-0.25, -0.2) is 9.78 Å². The molecule has 1 unspecified atom stereocenters. The van der Waals surface area contributed by atoms with Gasteiger partial charge in [0.25, 0.3) is 0 Å². The highest BCUT2D eigenvalue weighted by Gasteiger charge is 2.46. The van der Waals surface area contributed by atoms with Gasteiger partial charge in [0.2, 0.25) is 0 Å². The Morgan fingerprint density at radius 2 is 2.07 bits per heavy atom. The van der Waals surface area contributed by atoms with Crippen molar-refractivity contribution in [1.29, 1.82) is 0 Å². The first-order chi connectivity index (χ1) is 14.5. The van der Waals surface area contributed by atoms with Crippen LogP contribution in [0, 0.1) is 11.3 Å². The fourth-order valence-electron chi connectivity index (χ4n) is 5.02. The molecule has 4 heterocycles. The van der Waals surface area contributed by atoms with E-state index in [1.165, 1.54) is 5.69 Å². The Hall–Kier alpha value is -2.70. The first kappa shape index (κ1) is 20.6. The molecule has 7 nitrogen and oxygen atoms in total. The molecular weight excluding hydrogens is 378 g/mol. The van der Waals surface area contributed by atoms with Gasteiger partial charge in [0.1, 0.15) is 5.75 Å². The number of aromatic nitrogens is 2. The van der Waals surface area contributed by atoms with E-state index < -0.39 is 0 Å². The molecule has 2 aromatic rings. The van der Waals surface area contributed by atoms with Crippen LogP contribution in [0.4, 0.5) is 10.5 Å². The summed E-state index contributed by atoms with van der Waals surface area (Å²) in [6, 6.07) is 8.71. The van der Waals surface area contributed by atoms with Crippen molar-refractivity contribution >= 4 is 11.7 Å². The van der Waals surface area contributed by atoms with E-state index >= 15 is 0 Å². The molecule has 0 aliphatic carbocycles. The molecule has 2 bridgehead atoms. The number of rotatable bonds is 6. The number of H-pyrrole nitrogens is 1. The minimum absolute atomic E-state index is 0.0341. The highest BCUT2D eigenvalue weighted by atomic mass is 16.5. The second kappa shape index (κ2) is 8.58. The zero-order valence-electron chi connectivity index (χ0n) is 18.2. The van der Waals surface area contributed by atoms with Crippen molar-refractivity contribution in [2.45, 2.75) is 39.7 Å². The largest absolute Gasteiger partial charge is 0.494 e. The zero-order valence-corrected chi connectivity index (χ0v) is 18.2. The van der Waals surface area contributed by atoms with E-state index in [1.807, 2.05) is 30.2 Å². The van der Waals surface area contributed by atoms with E-state index in [4.69, 9.17) is 4.74 Å². The molecule has 3 aliphatic heterocycles. The molecule has 1 aromatic heterocycles. The SMILES string of the molecule is CCOc1ccc(N2C[C@H]3CN(C(=O)NCCc4c[nH]cn4)CC2C(C)(C)C3)cc1. The van der Waals surface area contributed by atoms with Crippen molar-refractivity contribution in [2.75, 3.05) is 37.7 Å². The lowest BCUT2D eigenvalue weighted by Crippen LogP contribution is -2.54. The molecule has 3 fully saturated rings. The zero-order chi connectivity index (χ0) is 21.1. The van der Waals surface area contributed by atoms with E-state index in [1.54, 1.807) is 6.33 Å². The predicted octanol–water partition coefficient (Wildman–Crippen LogP) is 3.30. The lowest BCUT2D eigenvalue weighted by atomic mass is 9.73. The van der Waals surface area contributed by atoms with Crippen molar-refractivity contribution in [3.05, 3.63) is 42.5 Å². The fraction of sp³-hybridized carbons (Fsp3) is 0.565. The third-order valence-electron chi connectivity index (χ3n) is 6.40. The number of nitrogens with zero attached hydrogens (tertiary/aromatic N) is 3. The Bertz CT molecular complexity index is 834. The molecule has 0 saturated carbocycles. The van der Waals surface area contributed by atoms with Crippen LogP contribution in [0.3, 0.4) is 0 Å². The maximum Gasteiger partial charge on any atom is 0.317 e. The predicted molar refractivity (Wildman–Crippen MR) is 118 cm³/mol. The number of urea groups is 1. The van der Waals surface area contributed by atoms with Gasteiger partial charge in [0.05, 0.1) is 24.7 Å². The monoisotopic (exact) mass is 411 g/mol. The Morgan fingerprint density at radius 3 is 2.77 bits per heavy atom. The number of nitrogens with one attached hydrogen (secondary N) is 2. The molecule has 5 rings (SSSR count). The molecule has 0 radical (unpaired) electrons. The number of carbonyl (C=O) groups excluding carboxylic acids is 1. The number of hydrogen-bond acceptors (Lipinski definition) is 4. The molecule has 3 aliphatic rings. The highest BCUT2D eigenvalue weighted by Crippen LogP contribution is 2.43. The average Bonchev–Trinajstić information content (AvgIpc) is 3.10. The van der Waals surface area contributed by atoms with E-state index in [-0.39, 0.29) is 17.5 Å². The summed E-state index contributed by atoms with van der Waals surface area (Å²) < 4.78 is 5.60. The van der Waals surface area contributed by atoms with Gasteiger partial charge in [-0.15, -0.1) is 0 Å². The topological polar surface area (TPSA) is 73.5 Å². The number of hydrogen-bond donors (Lipinski definition) is 2. The summed E-state index contributed by atoms with van der Waals surface area (Å²) in [5.41, 5.74) is 2.32. The maximum atomic E-state index is 12.9. The van der Waals surface area contributed by atoms with Crippen molar-refractivity contribution < 1.29 is 9.53 Å². The number of imidazole rings is 1. The highest BCUT2D eigenvalue weighted by molar-refractivity contribution is 5.74. The molecule has 7 heteroatoms. The van der Waals surface area contributed by atoms with Crippen LogP contribution in [0.1, 0.15) is 32.9 Å². The van der Waals surface area contributed by atoms with Gasteiger partial charge in [-0.1, -0.05) is 13.8 Å². The van der Waals surface area contributed by atoms with Crippen LogP contribution in [0.2, 0.25) is 0 Å². The summed E-state index contributed by atoms with van der Waals surface area (Å²) in [4.78, 5) is 24.6. The minimum Gasteiger partial charge on any atom is -0.494 e. The van der Waals surface area contributed by atoms with E-state index in [0.29, 0.717) is 19.1 Å². The van der Waals surface area contributed by atoms with Crippen LogP contribution in [-0.4, -0.2) is 59.7 Å². The lowest BCUT2D eigenvalue weighted by molar-refractivity contribution is 0.187. The second-order valence-corrected chi connectivity index (χ2v) is 9.10. The van der Waals surface area contributed by atoms with Gasteiger partial charge in [0.15, 0.2) is 0 Å². The van der Waals surface area contributed by atoms with E-state index in [9.17, 15) is 4.79 Å². The number of amides is 2. The maximum absolute atomic E-state index is 12.9. The number of fused-ring (bicyclic) bond motifs is 4. The first-order valence-electron chi connectivity index (χ1n) is 11.0. The molecule has 2 amide bonds. The molecule has 2 N–H and O–H groups in total. The molecule has 1 aromatic carbocycles. The number of ether oxygens (including phenoxy) is 1. The Balaban J connectivity index is 1.45. The summed E-state index contributed by atoms with van der Waals surface area (Å²) >= 11 is 0. The number of aromatic amines is 1. The second-order valence-electron chi connectivity index (χ2n) is 9.10. The molecule has 0 spiro atoms. The van der Waals surface area contributed by atoms with Crippen molar-refractivity contribution in [3.8, 4) is 5.75 Å².